The van der Waals surface area contributed by atoms with Crippen molar-refractivity contribution in [3.63, 3.8) is 0 Å². The van der Waals surface area contributed by atoms with E-state index in [1.807, 2.05) is 6.92 Å². The summed E-state index contributed by atoms with van der Waals surface area (Å²) in [5, 5.41) is 4.03. The third-order valence-electron chi connectivity index (χ3n) is 5.06. The lowest BCUT2D eigenvalue weighted by molar-refractivity contribution is -0.130. The van der Waals surface area contributed by atoms with E-state index >= 15 is 0 Å². The molecule has 1 aliphatic rings. The van der Waals surface area contributed by atoms with Crippen LogP contribution in [0.3, 0.4) is 0 Å². The van der Waals surface area contributed by atoms with E-state index in [-0.39, 0.29) is 30.7 Å². The van der Waals surface area contributed by atoms with Crippen molar-refractivity contribution in [2.24, 2.45) is 0 Å². The first-order valence-corrected chi connectivity index (χ1v) is 9.93. The number of hydrogen-bond acceptors (Lipinski definition) is 7. The number of aromatic nitrogens is 4. The second-order valence-corrected chi connectivity index (χ2v) is 7.07. The topological polar surface area (TPSA) is 94.2 Å². The zero-order chi connectivity index (χ0) is 20.9. The molecule has 1 fully saturated rings. The van der Waals surface area contributed by atoms with Gasteiger partial charge in [0.25, 0.3) is 0 Å². The summed E-state index contributed by atoms with van der Waals surface area (Å²) in [4.78, 5) is 27.3. The number of benzene rings is 1. The van der Waals surface area contributed by atoms with E-state index in [4.69, 9.17) is 9.26 Å². The number of rotatable bonds is 7. The molecule has 3 heterocycles. The van der Waals surface area contributed by atoms with Crippen molar-refractivity contribution < 1.29 is 18.4 Å². The monoisotopic (exact) mass is 411 g/mol. The van der Waals surface area contributed by atoms with Crippen molar-refractivity contribution in [2.75, 3.05) is 19.7 Å². The molecule has 0 N–H and O–H groups in total. The van der Waals surface area contributed by atoms with Crippen LogP contribution in [0.25, 0.3) is 11.4 Å². The molecule has 9 heteroatoms. The van der Waals surface area contributed by atoms with Gasteiger partial charge in [0, 0.05) is 37.7 Å². The van der Waals surface area contributed by atoms with Crippen molar-refractivity contribution in [2.45, 2.75) is 32.1 Å². The summed E-state index contributed by atoms with van der Waals surface area (Å²) >= 11 is 0. The Balaban J connectivity index is 1.37. The number of carbonyl (C=O) groups is 1. The zero-order valence-electron chi connectivity index (χ0n) is 16.6. The summed E-state index contributed by atoms with van der Waals surface area (Å²) in [5.41, 5.74) is 1.55. The predicted molar refractivity (Wildman–Crippen MR) is 105 cm³/mol. The number of likely N-dealkylation sites (tertiary alicyclic amines) is 1. The maximum Gasteiger partial charge on any atom is 0.226 e. The molecular formula is C21H22FN5O3. The molecule has 30 heavy (non-hydrogen) atoms. The van der Waals surface area contributed by atoms with Crippen LogP contribution in [0.1, 0.15) is 37.3 Å². The van der Waals surface area contributed by atoms with Crippen LogP contribution in [0.2, 0.25) is 0 Å². The summed E-state index contributed by atoms with van der Waals surface area (Å²) in [7, 11) is 0. The Morgan fingerprint density at radius 3 is 3.10 bits per heavy atom. The number of nitrogens with zero attached hydrogens (tertiary/aromatic N) is 5. The van der Waals surface area contributed by atoms with Gasteiger partial charge in [0.2, 0.25) is 17.6 Å². The van der Waals surface area contributed by atoms with E-state index < -0.39 is 0 Å². The van der Waals surface area contributed by atoms with Crippen LogP contribution >= 0.6 is 0 Å². The van der Waals surface area contributed by atoms with Gasteiger partial charge in [-0.3, -0.25) is 4.79 Å². The highest BCUT2D eigenvalue weighted by Crippen LogP contribution is 2.32. The molecule has 1 saturated heterocycles. The lowest BCUT2D eigenvalue weighted by atomic mass is 10.00. The Kier molecular flexibility index (Phi) is 5.97. The van der Waals surface area contributed by atoms with Crippen LogP contribution in [-0.4, -0.2) is 50.6 Å². The summed E-state index contributed by atoms with van der Waals surface area (Å²) in [6.45, 7) is 3.34. The highest BCUT2D eigenvalue weighted by Gasteiger charge is 2.30. The van der Waals surface area contributed by atoms with Crippen molar-refractivity contribution in [1.29, 1.82) is 0 Å². The molecule has 1 aromatic carbocycles. The number of aryl methyl sites for hydroxylation is 1. The fourth-order valence-electron chi connectivity index (χ4n) is 3.53. The third-order valence-corrected chi connectivity index (χ3v) is 5.06. The highest BCUT2D eigenvalue weighted by molar-refractivity contribution is 5.76. The van der Waals surface area contributed by atoms with Gasteiger partial charge in [-0.25, -0.2) is 14.4 Å². The second-order valence-electron chi connectivity index (χ2n) is 7.07. The Labute approximate surface area is 173 Å². The normalized spacial score (nSPS) is 16.1. The van der Waals surface area contributed by atoms with Gasteiger partial charge in [0.15, 0.2) is 0 Å². The SMILES string of the molecule is CCc1nc(-c2cncnc2[C@@H]2CCN(C(=O)CCOc3cccc(F)c3)C2)no1. The Morgan fingerprint density at radius 2 is 2.30 bits per heavy atom. The van der Waals surface area contributed by atoms with Crippen molar-refractivity contribution in [3.05, 3.63) is 54.2 Å². The van der Waals surface area contributed by atoms with E-state index in [0.29, 0.717) is 37.0 Å². The van der Waals surface area contributed by atoms with Crippen LogP contribution in [-0.2, 0) is 11.2 Å². The van der Waals surface area contributed by atoms with Crippen molar-refractivity contribution in [1.82, 2.24) is 25.0 Å². The summed E-state index contributed by atoms with van der Waals surface area (Å²) < 4.78 is 23.9. The molecule has 4 rings (SSSR count). The fraction of sp³-hybridized carbons (Fsp3) is 0.381. The van der Waals surface area contributed by atoms with E-state index in [9.17, 15) is 9.18 Å². The number of hydrogen-bond donors (Lipinski definition) is 0. The number of carbonyl (C=O) groups excluding carboxylic acids is 1. The molecule has 0 spiro atoms. The Hall–Kier alpha value is -3.36. The van der Waals surface area contributed by atoms with E-state index in [1.54, 1.807) is 23.2 Å². The van der Waals surface area contributed by atoms with E-state index in [0.717, 1.165) is 17.7 Å². The molecule has 0 saturated carbocycles. The molecule has 156 valence electrons. The molecule has 0 unspecified atom stereocenters. The average Bonchev–Trinajstić information content (AvgIpc) is 3.44. The first kappa shape index (κ1) is 19.9. The van der Waals surface area contributed by atoms with Crippen LogP contribution in [0, 0.1) is 5.82 Å². The quantitative estimate of drug-likeness (QED) is 0.590. The van der Waals surface area contributed by atoms with E-state index in [2.05, 4.69) is 20.1 Å². The van der Waals surface area contributed by atoms with Gasteiger partial charge in [-0.15, -0.1) is 0 Å². The average molecular weight is 411 g/mol. The molecule has 3 aromatic rings. The first-order chi connectivity index (χ1) is 14.6. The maximum absolute atomic E-state index is 13.2. The van der Waals surface area contributed by atoms with Gasteiger partial charge in [0.1, 0.15) is 17.9 Å². The maximum atomic E-state index is 13.2. The van der Waals surface area contributed by atoms with Gasteiger partial charge in [-0.2, -0.15) is 4.98 Å². The van der Waals surface area contributed by atoms with Gasteiger partial charge < -0.3 is 14.2 Å². The van der Waals surface area contributed by atoms with Gasteiger partial charge in [-0.05, 0) is 18.6 Å². The van der Waals surface area contributed by atoms with Gasteiger partial charge in [-0.1, -0.05) is 18.1 Å². The lowest BCUT2D eigenvalue weighted by Gasteiger charge is -2.17. The standard InChI is InChI=1S/C21H22FN5O3/c1-2-18-25-21(26-30-18)17-11-23-13-24-20(17)14-6-8-27(12-14)19(28)7-9-29-16-5-3-4-15(22)10-16/h3-5,10-11,13-14H,2,6-9,12H2,1H3/t14-/m1/s1. The Morgan fingerprint density at radius 1 is 1.40 bits per heavy atom. The molecule has 2 aromatic heterocycles. The van der Waals surface area contributed by atoms with Crippen LogP contribution in [0.15, 0.2) is 41.3 Å². The minimum atomic E-state index is -0.366. The predicted octanol–water partition coefficient (Wildman–Crippen LogP) is 3.01. The van der Waals surface area contributed by atoms with Gasteiger partial charge >= 0.3 is 0 Å². The number of amides is 1. The van der Waals surface area contributed by atoms with Crippen molar-refractivity contribution >= 4 is 5.91 Å². The molecule has 0 bridgehead atoms. The van der Waals surface area contributed by atoms with Gasteiger partial charge in [0.05, 0.1) is 24.3 Å². The Bertz CT molecular complexity index is 1030. The van der Waals surface area contributed by atoms with Crippen molar-refractivity contribution in [3.8, 4) is 17.1 Å². The minimum Gasteiger partial charge on any atom is -0.493 e. The third kappa shape index (κ3) is 4.45. The molecule has 8 nitrogen and oxygen atoms in total. The summed E-state index contributed by atoms with van der Waals surface area (Å²) in [5.74, 6) is 1.14. The van der Waals surface area contributed by atoms with Crippen LogP contribution < -0.4 is 4.74 Å². The zero-order valence-corrected chi connectivity index (χ0v) is 16.6. The summed E-state index contributed by atoms with van der Waals surface area (Å²) in [6.07, 6.45) is 4.85. The largest absolute Gasteiger partial charge is 0.493 e. The highest BCUT2D eigenvalue weighted by atomic mass is 19.1. The lowest BCUT2D eigenvalue weighted by Crippen LogP contribution is -2.29. The second kappa shape index (κ2) is 8.98. The molecular weight excluding hydrogens is 389 g/mol. The smallest absolute Gasteiger partial charge is 0.226 e. The van der Waals surface area contributed by atoms with Crippen LogP contribution in [0.4, 0.5) is 4.39 Å². The number of halogens is 1. The van der Waals surface area contributed by atoms with Crippen LogP contribution in [0.5, 0.6) is 5.75 Å². The molecule has 0 radical (unpaired) electrons. The minimum absolute atomic E-state index is 0.00246. The molecule has 1 amide bonds. The number of ether oxygens (including phenoxy) is 1. The summed E-state index contributed by atoms with van der Waals surface area (Å²) in [6, 6.07) is 5.89. The molecule has 1 aliphatic heterocycles. The van der Waals surface area contributed by atoms with E-state index in [1.165, 1.54) is 18.5 Å². The molecule has 1 atom stereocenters. The fourth-order valence-corrected chi connectivity index (χ4v) is 3.53. The first-order valence-electron chi connectivity index (χ1n) is 9.93. The molecule has 0 aliphatic carbocycles.